The molecule has 0 aliphatic heterocycles. The second kappa shape index (κ2) is 13.8. The van der Waals surface area contributed by atoms with Crippen LogP contribution in [0.1, 0.15) is 37.3 Å². The Morgan fingerprint density at radius 2 is 1.81 bits per heavy atom. The van der Waals surface area contributed by atoms with Crippen molar-refractivity contribution in [2.75, 3.05) is 45.7 Å². The molecule has 1 atom stereocenters. The molecule has 0 radical (unpaired) electrons. The molecule has 0 aliphatic rings. The maximum atomic E-state index is 13.0. The zero-order valence-electron chi connectivity index (χ0n) is 19.6. The molecule has 0 heterocycles. The summed E-state index contributed by atoms with van der Waals surface area (Å²) in [5.74, 6) is 1.12. The summed E-state index contributed by atoms with van der Waals surface area (Å²) in [7, 11) is 4.07. The number of hydrogen-bond acceptors (Lipinski definition) is 5. The van der Waals surface area contributed by atoms with E-state index in [2.05, 4.69) is 47.6 Å². The first kappa shape index (κ1) is 24.9. The maximum absolute atomic E-state index is 13.0. The first-order valence-electron chi connectivity index (χ1n) is 11.4. The maximum Gasteiger partial charge on any atom is 0.155 e. The standard InChI is InChI=1S/C26H39N3O2/c1-5-16-27-17-8-11-26(30)25(28-24-10-7-6-9-21(24)2)20-22-12-14-23(15-13-22)31-19-18-29(3)4/h6-7,9-10,12-15,25,27-28H,5,8,11,16-20H2,1-4H3. The van der Waals surface area contributed by atoms with Crippen molar-refractivity contribution in [2.45, 2.75) is 45.6 Å². The van der Waals surface area contributed by atoms with Gasteiger partial charge in [0.05, 0.1) is 6.04 Å². The van der Waals surface area contributed by atoms with Crippen LogP contribution in [0.15, 0.2) is 48.5 Å². The molecular weight excluding hydrogens is 386 g/mol. The summed E-state index contributed by atoms with van der Waals surface area (Å²) in [4.78, 5) is 15.1. The molecular formula is C26H39N3O2. The third-order valence-electron chi connectivity index (χ3n) is 5.24. The minimum Gasteiger partial charge on any atom is -0.492 e. The molecule has 0 aliphatic carbocycles. The van der Waals surface area contributed by atoms with Gasteiger partial charge in [-0.05, 0) is 82.7 Å². The van der Waals surface area contributed by atoms with Gasteiger partial charge in [-0.2, -0.15) is 0 Å². The van der Waals surface area contributed by atoms with Crippen LogP contribution in [0, 0.1) is 6.92 Å². The van der Waals surface area contributed by atoms with Crippen molar-refractivity contribution in [3.63, 3.8) is 0 Å². The lowest BCUT2D eigenvalue weighted by Crippen LogP contribution is -2.32. The minimum atomic E-state index is -0.243. The number of benzene rings is 2. The predicted octanol–water partition coefficient (Wildman–Crippen LogP) is 4.31. The van der Waals surface area contributed by atoms with E-state index in [9.17, 15) is 4.79 Å². The van der Waals surface area contributed by atoms with Crippen LogP contribution in [-0.4, -0.2) is 57.1 Å². The number of hydrogen-bond donors (Lipinski definition) is 2. The van der Waals surface area contributed by atoms with Crippen molar-refractivity contribution >= 4 is 11.5 Å². The molecule has 5 heteroatoms. The van der Waals surface area contributed by atoms with Gasteiger partial charge in [0.15, 0.2) is 5.78 Å². The van der Waals surface area contributed by atoms with Gasteiger partial charge in [-0.15, -0.1) is 0 Å². The van der Waals surface area contributed by atoms with Crippen LogP contribution in [0.3, 0.4) is 0 Å². The number of carbonyl (C=O) groups is 1. The van der Waals surface area contributed by atoms with Gasteiger partial charge in [0, 0.05) is 18.7 Å². The fourth-order valence-corrected chi connectivity index (χ4v) is 3.34. The van der Waals surface area contributed by atoms with Gasteiger partial charge in [0.2, 0.25) is 0 Å². The molecule has 2 rings (SSSR count). The summed E-state index contributed by atoms with van der Waals surface area (Å²) < 4.78 is 5.79. The highest BCUT2D eigenvalue weighted by atomic mass is 16.5. The molecule has 0 saturated heterocycles. The van der Waals surface area contributed by atoms with Gasteiger partial charge in [-0.25, -0.2) is 0 Å². The molecule has 2 aromatic carbocycles. The Labute approximate surface area is 188 Å². The van der Waals surface area contributed by atoms with Crippen LogP contribution in [0.25, 0.3) is 0 Å². The molecule has 5 nitrogen and oxygen atoms in total. The molecule has 2 aromatic rings. The van der Waals surface area contributed by atoms with E-state index in [4.69, 9.17) is 4.74 Å². The van der Waals surface area contributed by atoms with Gasteiger partial charge in [-0.3, -0.25) is 4.79 Å². The number of nitrogens with one attached hydrogen (secondary N) is 2. The van der Waals surface area contributed by atoms with Crippen LogP contribution in [0.2, 0.25) is 0 Å². The normalized spacial score (nSPS) is 12.0. The van der Waals surface area contributed by atoms with Crippen LogP contribution in [0.5, 0.6) is 5.75 Å². The molecule has 0 amide bonds. The summed E-state index contributed by atoms with van der Waals surface area (Å²) in [6, 6.07) is 16.0. The summed E-state index contributed by atoms with van der Waals surface area (Å²) in [6.07, 6.45) is 3.21. The first-order valence-corrected chi connectivity index (χ1v) is 11.4. The Bertz CT molecular complexity index is 774. The van der Waals surface area contributed by atoms with Crippen molar-refractivity contribution in [3.8, 4) is 5.75 Å². The third kappa shape index (κ3) is 9.53. The van der Waals surface area contributed by atoms with Crippen molar-refractivity contribution in [2.24, 2.45) is 0 Å². The minimum absolute atomic E-state index is 0.243. The number of nitrogens with zero attached hydrogens (tertiary/aromatic N) is 1. The fourth-order valence-electron chi connectivity index (χ4n) is 3.34. The zero-order valence-corrected chi connectivity index (χ0v) is 19.6. The van der Waals surface area contributed by atoms with Crippen molar-refractivity contribution in [1.82, 2.24) is 10.2 Å². The summed E-state index contributed by atoms with van der Waals surface area (Å²) in [5.41, 5.74) is 3.30. The average molecular weight is 426 g/mol. The first-order chi connectivity index (χ1) is 15.0. The van der Waals surface area contributed by atoms with E-state index in [-0.39, 0.29) is 11.8 Å². The van der Waals surface area contributed by atoms with E-state index in [0.29, 0.717) is 19.4 Å². The largest absolute Gasteiger partial charge is 0.492 e. The van der Waals surface area contributed by atoms with E-state index in [0.717, 1.165) is 55.0 Å². The van der Waals surface area contributed by atoms with Gasteiger partial charge < -0.3 is 20.3 Å². The van der Waals surface area contributed by atoms with E-state index >= 15 is 0 Å². The smallest absolute Gasteiger partial charge is 0.155 e. The van der Waals surface area contributed by atoms with E-state index in [1.54, 1.807) is 0 Å². The van der Waals surface area contributed by atoms with Gasteiger partial charge in [-0.1, -0.05) is 37.3 Å². The SMILES string of the molecule is CCCNCCCC(=O)C(Cc1ccc(OCCN(C)C)cc1)Nc1ccccc1C. The van der Waals surface area contributed by atoms with E-state index in [1.807, 2.05) is 44.4 Å². The molecule has 0 bridgehead atoms. The lowest BCUT2D eigenvalue weighted by Gasteiger charge is -2.21. The average Bonchev–Trinajstić information content (AvgIpc) is 2.75. The summed E-state index contributed by atoms with van der Waals surface area (Å²) in [5, 5.41) is 6.88. The number of carbonyl (C=O) groups excluding carboxylic acids is 1. The second-order valence-corrected chi connectivity index (χ2v) is 8.33. The molecule has 0 aromatic heterocycles. The highest BCUT2D eigenvalue weighted by molar-refractivity contribution is 5.87. The molecule has 2 N–H and O–H groups in total. The van der Waals surface area contributed by atoms with Crippen molar-refractivity contribution in [3.05, 3.63) is 59.7 Å². The van der Waals surface area contributed by atoms with Crippen LogP contribution in [-0.2, 0) is 11.2 Å². The van der Waals surface area contributed by atoms with E-state index < -0.39 is 0 Å². The lowest BCUT2D eigenvalue weighted by atomic mass is 9.98. The Morgan fingerprint density at radius 1 is 1.06 bits per heavy atom. The van der Waals surface area contributed by atoms with Crippen LogP contribution < -0.4 is 15.4 Å². The Balaban J connectivity index is 2.00. The zero-order chi connectivity index (χ0) is 22.5. The number of Topliss-reactive ketones (excluding diaryl/α,β-unsaturated/α-hetero) is 1. The van der Waals surface area contributed by atoms with Crippen LogP contribution in [0.4, 0.5) is 5.69 Å². The Kier molecular flexibility index (Phi) is 11.1. The van der Waals surface area contributed by atoms with Crippen LogP contribution >= 0.6 is 0 Å². The fraction of sp³-hybridized carbons (Fsp3) is 0.500. The lowest BCUT2D eigenvalue weighted by molar-refractivity contribution is -0.119. The number of anilines is 1. The quantitative estimate of drug-likeness (QED) is 0.417. The second-order valence-electron chi connectivity index (χ2n) is 8.33. The summed E-state index contributed by atoms with van der Waals surface area (Å²) >= 11 is 0. The topological polar surface area (TPSA) is 53.6 Å². The molecule has 170 valence electrons. The number of aryl methyl sites for hydroxylation is 1. The van der Waals surface area contributed by atoms with Gasteiger partial charge >= 0.3 is 0 Å². The highest BCUT2D eigenvalue weighted by Gasteiger charge is 2.19. The molecule has 0 fully saturated rings. The monoisotopic (exact) mass is 425 g/mol. The number of para-hydroxylation sites is 1. The van der Waals surface area contributed by atoms with E-state index in [1.165, 1.54) is 0 Å². The number of ether oxygens (including phenoxy) is 1. The number of ketones is 1. The molecule has 0 saturated carbocycles. The molecule has 0 spiro atoms. The van der Waals surface area contributed by atoms with Gasteiger partial charge in [0.1, 0.15) is 12.4 Å². The van der Waals surface area contributed by atoms with Gasteiger partial charge in [0.25, 0.3) is 0 Å². The Morgan fingerprint density at radius 3 is 2.48 bits per heavy atom. The predicted molar refractivity (Wildman–Crippen MR) is 130 cm³/mol. The third-order valence-corrected chi connectivity index (χ3v) is 5.24. The Hall–Kier alpha value is -2.37. The molecule has 31 heavy (non-hydrogen) atoms. The number of rotatable bonds is 15. The highest BCUT2D eigenvalue weighted by Crippen LogP contribution is 2.19. The summed E-state index contributed by atoms with van der Waals surface area (Å²) in [6.45, 7) is 7.65. The number of likely N-dealkylation sites (N-methyl/N-ethyl adjacent to an activating group) is 1. The van der Waals surface area contributed by atoms with Crippen molar-refractivity contribution in [1.29, 1.82) is 0 Å². The molecule has 1 unspecified atom stereocenters. The van der Waals surface area contributed by atoms with Crippen molar-refractivity contribution < 1.29 is 9.53 Å².